The summed E-state index contributed by atoms with van der Waals surface area (Å²) in [5, 5.41) is 5.45. The first kappa shape index (κ1) is 29.7. The van der Waals surface area contributed by atoms with Gasteiger partial charge in [-0.1, -0.05) is 13.8 Å². The molecule has 0 spiro atoms. The molecule has 0 aromatic carbocycles. The van der Waals surface area contributed by atoms with E-state index in [0.717, 1.165) is 17.8 Å². The number of nitrogens with two attached hydrogens (primary N) is 1. The van der Waals surface area contributed by atoms with Crippen molar-refractivity contribution in [1.82, 2.24) is 9.97 Å². The first-order chi connectivity index (χ1) is 15.7. The number of aromatic nitrogens is 2. The van der Waals surface area contributed by atoms with Gasteiger partial charge < -0.3 is 20.0 Å². The quantitative estimate of drug-likeness (QED) is 0.126. The lowest BCUT2D eigenvalue weighted by molar-refractivity contribution is -0.138. The van der Waals surface area contributed by atoms with Crippen LogP contribution in [0.25, 0.3) is 0 Å². The Hall–Kier alpha value is -3.26. The van der Waals surface area contributed by atoms with Gasteiger partial charge in [0, 0.05) is 10.8 Å². The Morgan fingerprint density at radius 3 is 2.00 bits per heavy atom. The minimum Gasteiger partial charge on any atom is -0.460 e. The van der Waals surface area contributed by atoms with E-state index < -0.39 is 23.5 Å². The van der Waals surface area contributed by atoms with Crippen molar-refractivity contribution in [2.24, 2.45) is 11.3 Å². The standard InChI is InChI=1S/C7H8N2O3S.C7H7NO3S.C5H11NO2/c1-2-12-6(11)5(10)4-3-13-7(8)9-4;1-2-11-7(10)6(9)5-3-12-4-8-5;1-5(2)3-4-8-6-7/h3H,2H2,1H3,(H2,8,9);3-4H,2H2,1H3;5H,3-4H2,1-2H3. The maximum atomic E-state index is 11.2. The molecule has 0 aliphatic carbocycles. The van der Waals surface area contributed by atoms with Crippen LogP contribution in [0.2, 0.25) is 0 Å². The third kappa shape index (κ3) is 13.0. The van der Waals surface area contributed by atoms with Gasteiger partial charge in [0.25, 0.3) is 11.6 Å². The highest BCUT2D eigenvalue weighted by Crippen LogP contribution is 2.11. The third-order valence-corrected chi connectivity index (χ3v) is 4.44. The summed E-state index contributed by atoms with van der Waals surface area (Å²) in [5.41, 5.74) is 6.98. The zero-order chi connectivity index (χ0) is 25.2. The van der Waals surface area contributed by atoms with Crippen LogP contribution in [0.5, 0.6) is 0 Å². The van der Waals surface area contributed by atoms with E-state index in [2.05, 4.69) is 43.5 Å². The minimum atomic E-state index is -0.896. The van der Waals surface area contributed by atoms with E-state index in [9.17, 15) is 24.1 Å². The summed E-state index contributed by atoms with van der Waals surface area (Å²) in [7, 11) is 0. The van der Waals surface area contributed by atoms with Gasteiger partial charge >= 0.3 is 11.9 Å². The van der Waals surface area contributed by atoms with Crippen LogP contribution in [0.1, 0.15) is 55.1 Å². The van der Waals surface area contributed by atoms with Crippen LogP contribution in [0, 0.1) is 10.8 Å². The number of carbonyl (C=O) groups is 4. The Morgan fingerprint density at radius 1 is 1.03 bits per heavy atom. The van der Waals surface area contributed by atoms with Gasteiger partial charge in [-0.25, -0.2) is 19.6 Å². The highest BCUT2D eigenvalue weighted by Gasteiger charge is 2.20. The van der Waals surface area contributed by atoms with Gasteiger partial charge in [0.15, 0.2) is 10.5 Å². The fourth-order valence-corrected chi connectivity index (χ4v) is 2.72. The van der Waals surface area contributed by atoms with E-state index in [1.165, 1.54) is 27.6 Å². The zero-order valence-electron chi connectivity index (χ0n) is 18.6. The summed E-state index contributed by atoms with van der Waals surface area (Å²) in [6, 6.07) is 0. The Labute approximate surface area is 198 Å². The molecule has 0 bridgehead atoms. The molecule has 0 fully saturated rings. The lowest BCUT2D eigenvalue weighted by atomic mass is 10.1. The third-order valence-electron chi connectivity index (χ3n) is 3.18. The molecule has 2 heterocycles. The van der Waals surface area contributed by atoms with E-state index in [-0.39, 0.29) is 29.7 Å². The van der Waals surface area contributed by atoms with E-state index in [1.54, 1.807) is 13.8 Å². The molecule has 14 heteroatoms. The highest BCUT2D eigenvalue weighted by molar-refractivity contribution is 7.13. The fraction of sp³-hybridized carbons (Fsp3) is 0.474. The molecule has 2 aromatic heterocycles. The normalized spacial score (nSPS) is 9.48. The van der Waals surface area contributed by atoms with Crippen LogP contribution in [0.4, 0.5) is 5.13 Å². The van der Waals surface area contributed by atoms with Gasteiger partial charge in [0.2, 0.25) is 0 Å². The number of rotatable bonds is 10. The Kier molecular flexibility index (Phi) is 15.6. The highest BCUT2D eigenvalue weighted by atomic mass is 32.1. The molecule has 0 saturated heterocycles. The predicted molar refractivity (Wildman–Crippen MR) is 122 cm³/mol. The van der Waals surface area contributed by atoms with Crippen LogP contribution in [-0.4, -0.2) is 53.3 Å². The Balaban J connectivity index is 0.000000480. The molecular weight excluding hydrogens is 476 g/mol. The van der Waals surface area contributed by atoms with E-state index in [0.29, 0.717) is 12.5 Å². The summed E-state index contributed by atoms with van der Waals surface area (Å²) in [6.07, 6.45) is 0.895. The summed E-state index contributed by atoms with van der Waals surface area (Å²) in [4.78, 5) is 64.8. The molecule has 2 rings (SSSR count). The molecule has 2 N–H and O–H groups in total. The molecule has 0 aliphatic heterocycles. The van der Waals surface area contributed by atoms with Gasteiger partial charge in [0.05, 0.1) is 18.7 Å². The predicted octanol–water partition coefficient (Wildman–Crippen LogP) is 3.09. The summed E-state index contributed by atoms with van der Waals surface area (Å²) in [6.45, 7) is 8.22. The van der Waals surface area contributed by atoms with Crippen molar-refractivity contribution in [3.63, 3.8) is 0 Å². The van der Waals surface area contributed by atoms with Gasteiger partial charge in [0.1, 0.15) is 18.0 Å². The maximum Gasteiger partial charge on any atom is 0.381 e. The monoisotopic (exact) mass is 502 g/mol. The number of nitrogen functional groups attached to an aromatic ring is 1. The number of ether oxygens (including phenoxy) is 2. The molecule has 0 aliphatic rings. The lowest BCUT2D eigenvalue weighted by Gasteiger charge is -1.98. The molecular formula is C19H26N4O8S2. The second kappa shape index (κ2) is 17.3. The molecule has 0 unspecified atom stereocenters. The molecule has 12 nitrogen and oxygen atoms in total. The average molecular weight is 503 g/mol. The second-order valence-corrected chi connectivity index (χ2v) is 7.74. The minimum absolute atomic E-state index is 0.0425. The van der Waals surface area contributed by atoms with Crippen LogP contribution >= 0.6 is 22.7 Å². The van der Waals surface area contributed by atoms with Gasteiger partial charge in [-0.05, 0) is 26.2 Å². The largest absolute Gasteiger partial charge is 0.460 e. The lowest BCUT2D eigenvalue weighted by Crippen LogP contribution is -2.17. The SMILES string of the molecule is CC(C)CCON=O.CCOC(=O)C(=O)c1csc(N)n1.CCOC(=O)C(=O)c1cscn1. The smallest absolute Gasteiger partial charge is 0.381 e. The molecule has 33 heavy (non-hydrogen) atoms. The van der Waals surface area contributed by atoms with Gasteiger partial charge in [-0.2, -0.15) is 0 Å². The van der Waals surface area contributed by atoms with Crippen molar-refractivity contribution in [3.05, 3.63) is 32.6 Å². The van der Waals surface area contributed by atoms with Crippen molar-refractivity contribution < 1.29 is 33.5 Å². The Bertz CT molecular complexity index is 884. The molecule has 0 radical (unpaired) electrons. The van der Waals surface area contributed by atoms with Crippen molar-refractivity contribution in [3.8, 4) is 0 Å². The molecule has 2 aromatic rings. The van der Waals surface area contributed by atoms with E-state index in [1.807, 2.05) is 0 Å². The summed E-state index contributed by atoms with van der Waals surface area (Å²) < 4.78 is 9.01. The van der Waals surface area contributed by atoms with Crippen molar-refractivity contribution in [2.75, 3.05) is 25.6 Å². The molecule has 182 valence electrons. The van der Waals surface area contributed by atoms with Gasteiger partial charge in [-0.3, -0.25) is 9.59 Å². The first-order valence-corrected chi connectivity index (χ1v) is 11.5. The second-order valence-electron chi connectivity index (χ2n) is 6.13. The number of thiazole rings is 2. The summed E-state index contributed by atoms with van der Waals surface area (Å²) >= 11 is 2.37. The topological polar surface area (TPSA) is 177 Å². The number of anilines is 1. The van der Waals surface area contributed by atoms with Crippen molar-refractivity contribution in [1.29, 1.82) is 0 Å². The first-order valence-electron chi connectivity index (χ1n) is 9.64. The van der Waals surface area contributed by atoms with Crippen molar-refractivity contribution >= 4 is 51.3 Å². The average Bonchev–Trinajstić information content (AvgIpc) is 3.46. The number of carbonyl (C=O) groups excluding carboxylic acids is 4. The molecule has 0 saturated carbocycles. The number of hydrogen-bond acceptors (Lipinski definition) is 14. The number of ketones is 2. The maximum absolute atomic E-state index is 11.2. The number of Topliss-reactive ketones (excluding diaryl/α,β-unsaturated/α-hetero) is 2. The van der Waals surface area contributed by atoms with Crippen LogP contribution < -0.4 is 5.73 Å². The van der Waals surface area contributed by atoms with Crippen molar-refractivity contribution in [2.45, 2.75) is 34.1 Å². The van der Waals surface area contributed by atoms with E-state index >= 15 is 0 Å². The van der Waals surface area contributed by atoms with Gasteiger partial charge in [-0.15, -0.1) is 27.6 Å². The number of hydrogen-bond donors (Lipinski definition) is 1. The molecule has 0 amide bonds. The summed E-state index contributed by atoms with van der Waals surface area (Å²) in [5.74, 6) is -2.60. The molecule has 0 atom stereocenters. The Morgan fingerprint density at radius 2 is 1.61 bits per heavy atom. The van der Waals surface area contributed by atoms with Crippen LogP contribution in [-0.2, 0) is 23.9 Å². The number of esters is 2. The number of nitrogens with zero attached hydrogens (tertiary/aromatic N) is 3. The zero-order valence-corrected chi connectivity index (χ0v) is 20.3. The van der Waals surface area contributed by atoms with Crippen LogP contribution in [0.15, 0.2) is 21.6 Å². The van der Waals surface area contributed by atoms with Crippen LogP contribution in [0.3, 0.4) is 0 Å². The van der Waals surface area contributed by atoms with E-state index in [4.69, 9.17) is 5.73 Å². The fourth-order valence-electron chi connectivity index (χ4n) is 1.64.